The lowest BCUT2D eigenvalue weighted by atomic mass is 10.1. The first-order chi connectivity index (χ1) is 10.3. The third kappa shape index (κ3) is 2.71. The molecule has 0 radical (unpaired) electrons. The maximum atomic E-state index is 11.5. The van der Waals surface area contributed by atoms with Gasteiger partial charge in [0.2, 0.25) is 12.6 Å². The molecule has 0 fully saturated rings. The first-order valence-electron chi connectivity index (χ1n) is 6.52. The number of hydrogen-bond donors (Lipinski definition) is 1. The van der Waals surface area contributed by atoms with Crippen molar-refractivity contribution in [1.29, 1.82) is 0 Å². The Balaban J connectivity index is 1.64. The summed E-state index contributed by atoms with van der Waals surface area (Å²) >= 11 is 0. The number of carbonyl (C=O) groups excluding carboxylic acids is 1. The van der Waals surface area contributed by atoms with Gasteiger partial charge in [-0.15, -0.1) is 0 Å². The van der Waals surface area contributed by atoms with E-state index in [0.29, 0.717) is 13.1 Å². The van der Waals surface area contributed by atoms with Crippen LogP contribution in [0.25, 0.3) is 0 Å². The van der Waals surface area contributed by atoms with Gasteiger partial charge in [-0.2, -0.15) is 0 Å². The smallest absolute Gasteiger partial charge is 0.374 e. The van der Waals surface area contributed by atoms with Crippen LogP contribution in [-0.4, -0.2) is 19.9 Å². The fourth-order valence-electron chi connectivity index (χ4n) is 2.21. The van der Waals surface area contributed by atoms with Crippen LogP contribution < -0.4 is 14.8 Å². The van der Waals surface area contributed by atoms with Crippen molar-refractivity contribution in [2.75, 3.05) is 13.9 Å². The first kappa shape index (κ1) is 13.5. The number of nitrogens with one attached hydrogen (secondary N) is 1. The third-order valence-electron chi connectivity index (χ3n) is 3.23. The zero-order chi connectivity index (χ0) is 14.7. The van der Waals surface area contributed by atoms with Gasteiger partial charge in [0.05, 0.1) is 13.4 Å². The molecule has 0 amide bonds. The van der Waals surface area contributed by atoms with E-state index in [4.69, 9.17) is 13.9 Å². The predicted molar refractivity (Wildman–Crippen MR) is 73.2 cm³/mol. The van der Waals surface area contributed by atoms with Gasteiger partial charge in [-0.3, -0.25) is 0 Å². The van der Waals surface area contributed by atoms with Gasteiger partial charge in [-0.1, -0.05) is 12.1 Å². The normalized spacial score (nSPS) is 12.4. The Labute approximate surface area is 121 Å². The largest absolute Gasteiger partial charge is 0.463 e. The standard InChI is InChI=1S/C15H15NO5/c1-18-15(17)14-11(5-6-19-14)8-16-7-10-3-2-4-12-13(10)21-9-20-12/h2-6,16H,7-9H2,1H3. The highest BCUT2D eigenvalue weighted by atomic mass is 16.7. The molecule has 21 heavy (non-hydrogen) atoms. The number of fused-ring (bicyclic) bond motifs is 1. The molecule has 1 aliphatic rings. The van der Waals surface area contributed by atoms with E-state index < -0.39 is 5.97 Å². The van der Waals surface area contributed by atoms with Gasteiger partial charge < -0.3 is 23.9 Å². The molecule has 0 aliphatic carbocycles. The van der Waals surface area contributed by atoms with Crippen molar-refractivity contribution in [2.45, 2.75) is 13.1 Å². The minimum Gasteiger partial charge on any atom is -0.463 e. The number of hydrogen-bond acceptors (Lipinski definition) is 6. The van der Waals surface area contributed by atoms with Crippen LogP contribution in [0, 0.1) is 0 Å². The molecule has 1 N–H and O–H groups in total. The number of ether oxygens (including phenoxy) is 3. The molecular weight excluding hydrogens is 274 g/mol. The highest BCUT2D eigenvalue weighted by Gasteiger charge is 2.18. The summed E-state index contributed by atoms with van der Waals surface area (Å²) in [5, 5.41) is 3.25. The number of benzene rings is 1. The Morgan fingerprint density at radius 3 is 2.95 bits per heavy atom. The van der Waals surface area contributed by atoms with Crippen molar-refractivity contribution in [3.63, 3.8) is 0 Å². The molecule has 1 aromatic heterocycles. The fourth-order valence-corrected chi connectivity index (χ4v) is 2.21. The van der Waals surface area contributed by atoms with Gasteiger partial charge in [0.15, 0.2) is 11.5 Å². The lowest BCUT2D eigenvalue weighted by molar-refractivity contribution is 0.0563. The van der Waals surface area contributed by atoms with Crippen LogP contribution in [0.5, 0.6) is 11.5 Å². The molecule has 0 unspecified atom stereocenters. The number of carbonyl (C=O) groups is 1. The van der Waals surface area contributed by atoms with Crippen LogP contribution in [0.4, 0.5) is 0 Å². The van der Waals surface area contributed by atoms with E-state index in [1.54, 1.807) is 6.07 Å². The van der Waals surface area contributed by atoms with Crippen LogP contribution in [0.15, 0.2) is 34.9 Å². The predicted octanol–water partition coefficient (Wildman–Crippen LogP) is 2.08. The number of para-hydroxylation sites is 1. The first-order valence-corrected chi connectivity index (χ1v) is 6.52. The summed E-state index contributed by atoms with van der Waals surface area (Å²) in [5.74, 6) is 1.27. The lowest BCUT2D eigenvalue weighted by Gasteiger charge is -2.07. The Hall–Kier alpha value is -2.47. The van der Waals surface area contributed by atoms with E-state index in [1.807, 2.05) is 18.2 Å². The van der Waals surface area contributed by atoms with Crippen molar-refractivity contribution >= 4 is 5.97 Å². The summed E-state index contributed by atoms with van der Waals surface area (Å²) < 4.78 is 20.6. The van der Waals surface area contributed by atoms with Crippen molar-refractivity contribution < 1.29 is 23.4 Å². The van der Waals surface area contributed by atoms with Gasteiger partial charge in [0.1, 0.15) is 0 Å². The Morgan fingerprint density at radius 1 is 1.24 bits per heavy atom. The van der Waals surface area contributed by atoms with Crippen molar-refractivity contribution in [2.24, 2.45) is 0 Å². The summed E-state index contributed by atoms with van der Waals surface area (Å²) in [6, 6.07) is 7.50. The van der Waals surface area contributed by atoms with Gasteiger partial charge >= 0.3 is 5.97 Å². The molecule has 2 aromatic rings. The fraction of sp³-hybridized carbons (Fsp3) is 0.267. The monoisotopic (exact) mass is 289 g/mol. The minimum absolute atomic E-state index is 0.225. The zero-order valence-corrected chi connectivity index (χ0v) is 11.5. The number of rotatable bonds is 5. The molecule has 6 heteroatoms. The number of methoxy groups -OCH3 is 1. The Morgan fingerprint density at radius 2 is 2.10 bits per heavy atom. The second-order valence-corrected chi connectivity index (χ2v) is 4.52. The van der Waals surface area contributed by atoms with E-state index in [-0.39, 0.29) is 12.6 Å². The summed E-state index contributed by atoms with van der Waals surface area (Å²) in [4.78, 5) is 11.5. The molecule has 0 bridgehead atoms. The highest BCUT2D eigenvalue weighted by Crippen LogP contribution is 2.35. The topological polar surface area (TPSA) is 69.9 Å². The lowest BCUT2D eigenvalue weighted by Crippen LogP contribution is -2.15. The molecule has 0 spiro atoms. The average Bonchev–Trinajstić information content (AvgIpc) is 3.15. The van der Waals surface area contributed by atoms with Gasteiger partial charge in [0, 0.05) is 24.2 Å². The Bertz CT molecular complexity index is 649. The summed E-state index contributed by atoms with van der Waals surface area (Å²) in [6.07, 6.45) is 1.47. The van der Waals surface area contributed by atoms with Crippen LogP contribution in [0.1, 0.15) is 21.7 Å². The molecule has 0 saturated carbocycles. The summed E-state index contributed by atoms with van der Waals surface area (Å²) in [6.45, 7) is 1.34. The summed E-state index contributed by atoms with van der Waals surface area (Å²) in [7, 11) is 1.33. The van der Waals surface area contributed by atoms with Crippen molar-refractivity contribution in [3.05, 3.63) is 47.4 Å². The van der Waals surface area contributed by atoms with E-state index in [9.17, 15) is 4.79 Å². The molecule has 3 rings (SSSR count). The quantitative estimate of drug-likeness (QED) is 0.850. The van der Waals surface area contributed by atoms with Crippen molar-refractivity contribution in [1.82, 2.24) is 5.32 Å². The maximum Gasteiger partial charge on any atom is 0.374 e. The number of furan rings is 1. The van der Waals surface area contributed by atoms with Crippen LogP contribution >= 0.6 is 0 Å². The van der Waals surface area contributed by atoms with Crippen LogP contribution in [-0.2, 0) is 17.8 Å². The van der Waals surface area contributed by atoms with Gasteiger partial charge in [0.25, 0.3) is 0 Å². The molecule has 6 nitrogen and oxygen atoms in total. The van der Waals surface area contributed by atoms with E-state index in [1.165, 1.54) is 13.4 Å². The van der Waals surface area contributed by atoms with E-state index >= 15 is 0 Å². The highest BCUT2D eigenvalue weighted by molar-refractivity contribution is 5.87. The zero-order valence-electron chi connectivity index (χ0n) is 11.5. The maximum absolute atomic E-state index is 11.5. The van der Waals surface area contributed by atoms with Crippen LogP contribution in [0.3, 0.4) is 0 Å². The third-order valence-corrected chi connectivity index (χ3v) is 3.23. The van der Waals surface area contributed by atoms with Crippen molar-refractivity contribution in [3.8, 4) is 11.5 Å². The molecule has 1 aliphatic heterocycles. The van der Waals surface area contributed by atoms with Gasteiger partial charge in [-0.25, -0.2) is 4.79 Å². The summed E-state index contributed by atoms with van der Waals surface area (Å²) in [5.41, 5.74) is 1.76. The van der Waals surface area contributed by atoms with Gasteiger partial charge in [-0.05, 0) is 12.1 Å². The second-order valence-electron chi connectivity index (χ2n) is 4.52. The Kier molecular flexibility index (Phi) is 3.79. The number of esters is 1. The molecule has 1 aromatic carbocycles. The average molecular weight is 289 g/mol. The molecule has 0 saturated heterocycles. The van der Waals surface area contributed by atoms with Crippen LogP contribution in [0.2, 0.25) is 0 Å². The second kappa shape index (κ2) is 5.88. The molecule has 0 atom stereocenters. The minimum atomic E-state index is -0.478. The van der Waals surface area contributed by atoms with E-state index in [2.05, 4.69) is 10.1 Å². The SMILES string of the molecule is COC(=O)c1occc1CNCc1cccc2c1OCO2. The molecular formula is C15H15NO5. The van der Waals surface area contributed by atoms with E-state index in [0.717, 1.165) is 22.6 Å². The molecule has 110 valence electrons. The molecule has 2 heterocycles.